The second-order valence-electron chi connectivity index (χ2n) is 5.55. The van der Waals surface area contributed by atoms with Crippen LogP contribution < -0.4 is 10.2 Å². The highest BCUT2D eigenvalue weighted by molar-refractivity contribution is 5.87. The number of rotatable bonds is 1. The van der Waals surface area contributed by atoms with Crippen molar-refractivity contribution in [3.05, 3.63) is 18.6 Å². The lowest BCUT2D eigenvalue weighted by Crippen LogP contribution is -2.65. The molecule has 2 saturated heterocycles. The zero-order valence-corrected chi connectivity index (χ0v) is 10.5. The summed E-state index contributed by atoms with van der Waals surface area (Å²) in [5.41, 5.74) is 1.25. The molecule has 2 unspecified atom stereocenters. The van der Waals surface area contributed by atoms with E-state index in [0.29, 0.717) is 5.54 Å². The molecule has 0 aromatic carbocycles. The second-order valence-corrected chi connectivity index (χ2v) is 5.55. The van der Waals surface area contributed by atoms with Gasteiger partial charge in [0.05, 0.1) is 5.39 Å². The molecule has 2 aromatic heterocycles. The second kappa shape index (κ2) is 3.45. The number of H-pyrrole nitrogens is 1. The Balaban J connectivity index is 1.70. The summed E-state index contributed by atoms with van der Waals surface area (Å²) in [5, 5.41) is 4.75. The van der Waals surface area contributed by atoms with E-state index in [1.165, 1.54) is 6.42 Å². The summed E-state index contributed by atoms with van der Waals surface area (Å²) in [7, 11) is 0. The molecule has 0 radical (unpaired) electrons. The molecule has 18 heavy (non-hydrogen) atoms. The molecular formula is C13H17N5. The first-order valence-corrected chi connectivity index (χ1v) is 6.57. The van der Waals surface area contributed by atoms with E-state index in [-0.39, 0.29) is 0 Å². The molecule has 2 aliphatic heterocycles. The number of nitrogens with zero attached hydrogens (tertiary/aromatic N) is 3. The number of fused-ring (bicyclic) bond motifs is 1. The molecule has 2 N–H and O–H groups in total. The molecule has 2 fully saturated rings. The smallest absolute Gasteiger partial charge is 0.142 e. The minimum atomic E-state index is 0.327. The standard InChI is InChI=1S/C13H17N5/c1-9-6-17-13(9)3-5-18(7-13)12-10-2-4-14-11(10)15-8-16-12/h2,4,8-9,17H,3,5-7H2,1H3,(H,14,15,16). The highest BCUT2D eigenvalue weighted by Gasteiger charge is 2.48. The van der Waals surface area contributed by atoms with Gasteiger partial charge in [-0.2, -0.15) is 0 Å². The molecule has 94 valence electrons. The maximum absolute atomic E-state index is 4.48. The number of anilines is 1. The van der Waals surface area contributed by atoms with Crippen LogP contribution in [0.1, 0.15) is 13.3 Å². The fourth-order valence-electron chi connectivity index (χ4n) is 3.27. The summed E-state index contributed by atoms with van der Waals surface area (Å²) < 4.78 is 0. The van der Waals surface area contributed by atoms with Gasteiger partial charge in [0.1, 0.15) is 17.8 Å². The van der Waals surface area contributed by atoms with Crippen molar-refractivity contribution in [1.82, 2.24) is 20.3 Å². The van der Waals surface area contributed by atoms with Crippen molar-refractivity contribution in [2.75, 3.05) is 24.5 Å². The van der Waals surface area contributed by atoms with Gasteiger partial charge in [-0.15, -0.1) is 0 Å². The average Bonchev–Trinajstić information content (AvgIpc) is 3.04. The van der Waals surface area contributed by atoms with Crippen LogP contribution in [0.2, 0.25) is 0 Å². The summed E-state index contributed by atoms with van der Waals surface area (Å²) in [6, 6.07) is 2.06. The van der Waals surface area contributed by atoms with E-state index in [4.69, 9.17) is 0 Å². The van der Waals surface area contributed by atoms with E-state index in [2.05, 4.69) is 38.2 Å². The molecule has 2 aromatic rings. The first-order valence-electron chi connectivity index (χ1n) is 6.57. The Morgan fingerprint density at radius 3 is 3.11 bits per heavy atom. The predicted molar refractivity (Wildman–Crippen MR) is 70.6 cm³/mol. The number of nitrogens with one attached hydrogen (secondary N) is 2. The third-order valence-electron chi connectivity index (χ3n) is 4.64. The van der Waals surface area contributed by atoms with Gasteiger partial charge in [0.25, 0.3) is 0 Å². The van der Waals surface area contributed by atoms with Crippen molar-refractivity contribution in [1.29, 1.82) is 0 Å². The normalized spacial score (nSPS) is 31.2. The van der Waals surface area contributed by atoms with Crippen LogP contribution in [0.25, 0.3) is 11.0 Å². The summed E-state index contributed by atoms with van der Waals surface area (Å²) in [5.74, 6) is 1.84. The molecule has 0 aliphatic carbocycles. The topological polar surface area (TPSA) is 56.8 Å². The Morgan fingerprint density at radius 2 is 2.39 bits per heavy atom. The van der Waals surface area contributed by atoms with E-state index in [1.54, 1.807) is 6.33 Å². The van der Waals surface area contributed by atoms with Crippen LogP contribution in [0.15, 0.2) is 18.6 Å². The Labute approximate surface area is 106 Å². The average molecular weight is 243 g/mol. The number of hydrogen-bond donors (Lipinski definition) is 2. The van der Waals surface area contributed by atoms with Crippen molar-refractivity contribution in [2.45, 2.75) is 18.9 Å². The van der Waals surface area contributed by atoms with Crippen LogP contribution in [0, 0.1) is 5.92 Å². The molecule has 4 heterocycles. The van der Waals surface area contributed by atoms with E-state index >= 15 is 0 Å². The van der Waals surface area contributed by atoms with Gasteiger partial charge in [0.2, 0.25) is 0 Å². The lowest BCUT2D eigenvalue weighted by atomic mass is 9.77. The first kappa shape index (κ1) is 10.3. The van der Waals surface area contributed by atoms with Gasteiger partial charge in [-0.3, -0.25) is 0 Å². The fraction of sp³-hybridized carbons (Fsp3) is 0.538. The lowest BCUT2D eigenvalue weighted by molar-refractivity contribution is 0.138. The van der Waals surface area contributed by atoms with Crippen LogP contribution >= 0.6 is 0 Å². The minimum Gasteiger partial charge on any atom is -0.354 e. The van der Waals surface area contributed by atoms with Crippen LogP contribution in [-0.2, 0) is 0 Å². The zero-order chi connectivity index (χ0) is 12.2. The number of aromatic nitrogens is 3. The van der Waals surface area contributed by atoms with Crippen molar-refractivity contribution in [2.24, 2.45) is 5.92 Å². The number of hydrogen-bond acceptors (Lipinski definition) is 4. The lowest BCUT2D eigenvalue weighted by Gasteiger charge is -2.46. The molecule has 2 aliphatic rings. The summed E-state index contributed by atoms with van der Waals surface area (Å²) in [6.07, 6.45) is 4.79. The minimum absolute atomic E-state index is 0.327. The third-order valence-corrected chi connectivity index (χ3v) is 4.64. The van der Waals surface area contributed by atoms with E-state index in [9.17, 15) is 0 Å². The predicted octanol–water partition coefficient (Wildman–Crippen LogP) is 1.15. The van der Waals surface area contributed by atoms with Gasteiger partial charge in [-0.1, -0.05) is 6.92 Å². The van der Waals surface area contributed by atoms with Gasteiger partial charge in [-0.05, 0) is 18.4 Å². The maximum atomic E-state index is 4.48. The first-order chi connectivity index (χ1) is 8.78. The van der Waals surface area contributed by atoms with Gasteiger partial charge >= 0.3 is 0 Å². The summed E-state index contributed by atoms with van der Waals surface area (Å²) in [6.45, 7) is 5.63. The Morgan fingerprint density at radius 1 is 1.44 bits per heavy atom. The summed E-state index contributed by atoms with van der Waals surface area (Å²) >= 11 is 0. The molecule has 0 saturated carbocycles. The Kier molecular flexibility index (Phi) is 1.97. The van der Waals surface area contributed by atoms with Gasteiger partial charge in [0, 0.05) is 31.4 Å². The maximum Gasteiger partial charge on any atom is 0.142 e. The van der Waals surface area contributed by atoms with E-state index < -0.39 is 0 Å². The van der Waals surface area contributed by atoms with Gasteiger partial charge < -0.3 is 15.2 Å². The molecule has 5 heteroatoms. The molecule has 0 bridgehead atoms. The van der Waals surface area contributed by atoms with E-state index in [0.717, 1.165) is 42.4 Å². The van der Waals surface area contributed by atoms with Crippen molar-refractivity contribution in [3.63, 3.8) is 0 Å². The highest BCUT2D eigenvalue weighted by atomic mass is 15.3. The molecular weight excluding hydrogens is 226 g/mol. The van der Waals surface area contributed by atoms with Gasteiger partial charge in [-0.25, -0.2) is 9.97 Å². The van der Waals surface area contributed by atoms with Crippen LogP contribution in [-0.4, -0.2) is 40.1 Å². The number of aromatic amines is 1. The van der Waals surface area contributed by atoms with Crippen molar-refractivity contribution in [3.8, 4) is 0 Å². The molecule has 1 spiro atoms. The SMILES string of the molecule is CC1CNC12CCN(c1ncnc3[nH]ccc13)C2. The van der Waals surface area contributed by atoms with Crippen LogP contribution in [0.5, 0.6) is 0 Å². The third kappa shape index (κ3) is 1.25. The highest BCUT2D eigenvalue weighted by Crippen LogP contribution is 2.37. The largest absolute Gasteiger partial charge is 0.354 e. The quantitative estimate of drug-likeness (QED) is 0.789. The van der Waals surface area contributed by atoms with Crippen molar-refractivity contribution >= 4 is 16.9 Å². The van der Waals surface area contributed by atoms with Crippen LogP contribution in [0.3, 0.4) is 0 Å². The van der Waals surface area contributed by atoms with Gasteiger partial charge in [0.15, 0.2) is 0 Å². The molecule has 5 nitrogen and oxygen atoms in total. The summed E-state index contributed by atoms with van der Waals surface area (Å²) in [4.78, 5) is 14.3. The monoisotopic (exact) mass is 243 g/mol. The molecule has 4 rings (SSSR count). The van der Waals surface area contributed by atoms with E-state index in [1.807, 2.05) is 6.20 Å². The Hall–Kier alpha value is -1.62. The zero-order valence-electron chi connectivity index (χ0n) is 10.5. The van der Waals surface area contributed by atoms with Crippen LogP contribution in [0.4, 0.5) is 5.82 Å². The Bertz CT molecular complexity index is 592. The molecule has 0 amide bonds. The van der Waals surface area contributed by atoms with Crippen molar-refractivity contribution < 1.29 is 0 Å². The molecule has 2 atom stereocenters. The fourth-order valence-corrected chi connectivity index (χ4v) is 3.27.